The summed E-state index contributed by atoms with van der Waals surface area (Å²) >= 11 is 0. The number of likely N-dealkylation sites (N-methyl/N-ethyl adjacent to an activating group) is 1. The zero-order valence-electron chi connectivity index (χ0n) is 14.8. The highest BCUT2D eigenvalue weighted by Gasteiger charge is 2.28. The smallest absolute Gasteiger partial charge is 0.223 e. The molecule has 1 unspecified atom stereocenters. The van der Waals surface area contributed by atoms with Gasteiger partial charge in [-0.05, 0) is 59.2 Å². The molecule has 0 aromatic heterocycles. The van der Waals surface area contributed by atoms with E-state index in [9.17, 15) is 4.79 Å². The first-order valence-corrected chi connectivity index (χ1v) is 8.75. The Balaban J connectivity index is 0.00000242. The number of amides is 1. The minimum absolute atomic E-state index is 0. The van der Waals surface area contributed by atoms with Gasteiger partial charge in [0.15, 0.2) is 0 Å². The van der Waals surface area contributed by atoms with Gasteiger partial charge in [0.1, 0.15) is 0 Å². The molecule has 2 rings (SSSR count). The second kappa shape index (κ2) is 11.5. The summed E-state index contributed by atoms with van der Waals surface area (Å²) in [5.41, 5.74) is 0. The lowest BCUT2D eigenvalue weighted by molar-refractivity contribution is -0.126. The molecule has 1 aliphatic carbocycles. The largest absolute Gasteiger partial charge is 0.354 e. The number of carbonyl (C=O) groups is 1. The summed E-state index contributed by atoms with van der Waals surface area (Å²) < 4.78 is 0. The van der Waals surface area contributed by atoms with Crippen LogP contribution in [0.3, 0.4) is 0 Å². The van der Waals surface area contributed by atoms with Crippen molar-refractivity contribution in [1.29, 1.82) is 0 Å². The monoisotopic (exact) mass is 367 g/mol. The highest BCUT2D eigenvalue weighted by atomic mass is 35.5. The van der Waals surface area contributed by atoms with Crippen molar-refractivity contribution >= 4 is 30.7 Å². The van der Waals surface area contributed by atoms with Gasteiger partial charge in [0, 0.05) is 24.5 Å². The first kappa shape index (κ1) is 23.0. The van der Waals surface area contributed by atoms with Crippen molar-refractivity contribution in [2.24, 2.45) is 11.8 Å². The highest BCUT2D eigenvalue weighted by Crippen LogP contribution is 2.28. The molecule has 0 aromatic rings. The SMILES string of the molecule is C[C@H]1C[C@@H](C(=O)NCC(C2CCCCC2)N(C)C)CCN1.Cl.Cl. The van der Waals surface area contributed by atoms with Gasteiger partial charge in [0.05, 0.1) is 0 Å². The lowest BCUT2D eigenvalue weighted by Gasteiger charge is -2.35. The Morgan fingerprint density at radius 1 is 1.17 bits per heavy atom. The minimum atomic E-state index is 0. The lowest BCUT2D eigenvalue weighted by atomic mass is 9.83. The molecule has 2 aliphatic rings. The maximum absolute atomic E-state index is 12.4. The van der Waals surface area contributed by atoms with E-state index >= 15 is 0 Å². The number of hydrogen-bond acceptors (Lipinski definition) is 3. The Hall–Kier alpha value is -0.0300. The van der Waals surface area contributed by atoms with E-state index in [2.05, 4.69) is 36.6 Å². The zero-order chi connectivity index (χ0) is 15.2. The van der Waals surface area contributed by atoms with E-state index < -0.39 is 0 Å². The van der Waals surface area contributed by atoms with Gasteiger partial charge >= 0.3 is 0 Å². The average Bonchev–Trinajstić information content (AvgIpc) is 2.48. The van der Waals surface area contributed by atoms with Crippen molar-refractivity contribution < 1.29 is 4.79 Å². The fraction of sp³-hybridized carbons (Fsp3) is 0.941. The van der Waals surface area contributed by atoms with Crippen molar-refractivity contribution in [3.63, 3.8) is 0 Å². The van der Waals surface area contributed by atoms with Gasteiger partial charge in [-0.25, -0.2) is 0 Å². The number of rotatable bonds is 5. The Morgan fingerprint density at radius 2 is 1.83 bits per heavy atom. The predicted molar refractivity (Wildman–Crippen MR) is 102 cm³/mol. The predicted octanol–water partition coefficient (Wildman–Crippen LogP) is 2.84. The van der Waals surface area contributed by atoms with Gasteiger partial charge in [-0.1, -0.05) is 19.3 Å². The third-order valence-corrected chi connectivity index (χ3v) is 5.34. The van der Waals surface area contributed by atoms with Crippen LogP contribution < -0.4 is 10.6 Å². The molecule has 0 aromatic carbocycles. The Bertz CT molecular complexity index is 336. The molecule has 0 radical (unpaired) electrons. The number of carbonyl (C=O) groups excluding carboxylic acids is 1. The molecule has 1 saturated carbocycles. The minimum Gasteiger partial charge on any atom is -0.354 e. The van der Waals surface area contributed by atoms with Gasteiger partial charge < -0.3 is 15.5 Å². The molecule has 6 heteroatoms. The maximum atomic E-state index is 12.4. The molecular formula is C17H35Cl2N3O. The number of piperidine rings is 1. The summed E-state index contributed by atoms with van der Waals surface area (Å²) in [4.78, 5) is 14.7. The fourth-order valence-electron chi connectivity index (χ4n) is 4.01. The van der Waals surface area contributed by atoms with Crippen molar-refractivity contribution in [3.8, 4) is 0 Å². The third-order valence-electron chi connectivity index (χ3n) is 5.34. The topological polar surface area (TPSA) is 44.4 Å². The molecule has 0 bridgehead atoms. The van der Waals surface area contributed by atoms with Crippen LogP contribution in [-0.2, 0) is 4.79 Å². The zero-order valence-corrected chi connectivity index (χ0v) is 16.5. The van der Waals surface area contributed by atoms with Gasteiger partial charge in [-0.2, -0.15) is 0 Å². The van der Waals surface area contributed by atoms with Crippen molar-refractivity contribution in [2.45, 2.75) is 64.0 Å². The van der Waals surface area contributed by atoms with Crippen LogP contribution in [0.15, 0.2) is 0 Å². The summed E-state index contributed by atoms with van der Waals surface area (Å²) in [6.45, 7) is 3.96. The fourth-order valence-corrected chi connectivity index (χ4v) is 4.01. The number of halogens is 2. The Morgan fingerprint density at radius 3 is 2.39 bits per heavy atom. The van der Waals surface area contributed by atoms with Gasteiger partial charge in [0.25, 0.3) is 0 Å². The average molecular weight is 368 g/mol. The molecule has 23 heavy (non-hydrogen) atoms. The van der Waals surface area contributed by atoms with Crippen LogP contribution in [0.2, 0.25) is 0 Å². The van der Waals surface area contributed by atoms with Gasteiger partial charge in [-0.3, -0.25) is 4.79 Å². The van der Waals surface area contributed by atoms with Crippen LogP contribution in [0.5, 0.6) is 0 Å². The summed E-state index contributed by atoms with van der Waals surface area (Å²) in [7, 11) is 4.30. The molecule has 3 atom stereocenters. The quantitative estimate of drug-likeness (QED) is 0.784. The third kappa shape index (κ3) is 7.16. The van der Waals surface area contributed by atoms with E-state index in [0.717, 1.165) is 31.8 Å². The number of nitrogens with zero attached hydrogens (tertiary/aromatic N) is 1. The molecule has 1 heterocycles. The molecule has 1 aliphatic heterocycles. The number of hydrogen-bond donors (Lipinski definition) is 2. The number of nitrogens with one attached hydrogen (secondary N) is 2. The van der Waals surface area contributed by atoms with E-state index in [4.69, 9.17) is 0 Å². The maximum Gasteiger partial charge on any atom is 0.223 e. The molecular weight excluding hydrogens is 333 g/mol. The summed E-state index contributed by atoms with van der Waals surface area (Å²) in [6, 6.07) is 0.964. The van der Waals surface area contributed by atoms with Crippen molar-refractivity contribution in [1.82, 2.24) is 15.5 Å². The van der Waals surface area contributed by atoms with E-state index in [1.807, 2.05) is 0 Å². The Labute approximate surface area is 154 Å². The van der Waals surface area contributed by atoms with Crippen molar-refractivity contribution in [2.75, 3.05) is 27.2 Å². The second-order valence-electron chi connectivity index (χ2n) is 7.25. The van der Waals surface area contributed by atoms with Crippen LogP contribution in [0.1, 0.15) is 51.9 Å². The van der Waals surface area contributed by atoms with Crippen LogP contribution in [0, 0.1) is 11.8 Å². The molecule has 2 N–H and O–H groups in total. The first-order valence-electron chi connectivity index (χ1n) is 8.75. The summed E-state index contributed by atoms with van der Waals surface area (Å²) in [5, 5.41) is 6.66. The first-order chi connectivity index (χ1) is 10.1. The van der Waals surface area contributed by atoms with Crippen LogP contribution in [0.4, 0.5) is 0 Å². The normalized spacial score (nSPS) is 26.8. The molecule has 138 valence electrons. The van der Waals surface area contributed by atoms with Crippen molar-refractivity contribution in [3.05, 3.63) is 0 Å². The van der Waals surface area contributed by atoms with Crippen LogP contribution in [-0.4, -0.2) is 50.1 Å². The molecule has 0 spiro atoms. The highest BCUT2D eigenvalue weighted by molar-refractivity contribution is 5.85. The second-order valence-corrected chi connectivity index (χ2v) is 7.25. The van der Waals surface area contributed by atoms with Crippen LogP contribution in [0.25, 0.3) is 0 Å². The van der Waals surface area contributed by atoms with E-state index in [1.54, 1.807) is 0 Å². The van der Waals surface area contributed by atoms with E-state index in [0.29, 0.717) is 12.1 Å². The summed E-state index contributed by atoms with van der Waals surface area (Å²) in [6.07, 6.45) is 8.69. The Kier molecular flexibility index (Phi) is 11.5. The molecule has 1 amide bonds. The molecule has 1 saturated heterocycles. The van der Waals surface area contributed by atoms with Crippen LogP contribution >= 0.6 is 24.8 Å². The molecule has 2 fully saturated rings. The van der Waals surface area contributed by atoms with Gasteiger partial charge in [0.2, 0.25) is 5.91 Å². The van der Waals surface area contributed by atoms with E-state index in [1.165, 1.54) is 32.1 Å². The summed E-state index contributed by atoms with van der Waals surface area (Å²) in [5.74, 6) is 1.22. The lowest BCUT2D eigenvalue weighted by Crippen LogP contribution is -2.48. The standard InChI is InChI=1S/C17H33N3O.2ClH/c1-13-11-15(9-10-18-13)17(21)19-12-16(20(2)3)14-7-5-4-6-8-14;;/h13-16,18H,4-12H2,1-3H3,(H,19,21);2*1H/t13-,15-,16?;;/m0../s1. The van der Waals surface area contributed by atoms with Gasteiger partial charge in [-0.15, -0.1) is 24.8 Å². The molecule has 4 nitrogen and oxygen atoms in total. The van der Waals surface area contributed by atoms with E-state index in [-0.39, 0.29) is 36.6 Å².